The molecule has 3 heterocycles. The van der Waals surface area contributed by atoms with Crippen molar-refractivity contribution < 1.29 is 18.0 Å². The average Bonchev–Trinajstić information content (AvgIpc) is 3.29. The molecule has 3 aromatic rings. The van der Waals surface area contributed by atoms with Crippen LogP contribution in [-0.4, -0.2) is 36.6 Å². The van der Waals surface area contributed by atoms with Gasteiger partial charge in [0.2, 0.25) is 5.91 Å². The highest BCUT2D eigenvalue weighted by molar-refractivity contribution is 7.15. The first kappa shape index (κ1) is 18.7. The van der Waals surface area contributed by atoms with Crippen LogP contribution in [0.25, 0.3) is 10.6 Å². The van der Waals surface area contributed by atoms with E-state index in [0.717, 1.165) is 30.0 Å². The van der Waals surface area contributed by atoms with Gasteiger partial charge in [-0.05, 0) is 32.3 Å². The molecule has 0 unspecified atom stereocenters. The number of halogens is 3. The Hall–Kier alpha value is -2.62. The van der Waals surface area contributed by atoms with Gasteiger partial charge < -0.3 is 0 Å². The Kier molecular flexibility index (Phi) is 4.33. The fraction of sp³-hybridized carbons (Fsp3) is 0.389. The minimum absolute atomic E-state index is 0.0926. The van der Waals surface area contributed by atoms with Crippen LogP contribution in [0.1, 0.15) is 40.7 Å². The lowest BCUT2D eigenvalue weighted by atomic mass is 9.90. The van der Waals surface area contributed by atoms with Crippen molar-refractivity contribution in [1.82, 2.24) is 24.5 Å². The number of fused-ring (bicyclic) bond motifs is 3. The van der Waals surface area contributed by atoms with Gasteiger partial charge in [0.15, 0.2) is 0 Å². The Morgan fingerprint density at radius 1 is 1.25 bits per heavy atom. The summed E-state index contributed by atoms with van der Waals surface area (Å²) in [5.41, 5.74) is -0.113. The number of thiazole rings is 1. The Morgan fingerprint density at radius 2 is 2.04 bits per heavy atom. The van der Waals surface area contributed by atoms with Crippen molar-refractivity contribution in [1.29, 1.82) is 0 Å². The van der Waals surface area contributed by atoms with Crippen LogP contribution in [0.15, 0.2) is 24.9 Å². The second kappa shape index (κ2) is 6.47. The van der Waals surface area contributed by atoms with Gasteiger partial charge in [-0.2, -0.15) is 13.2 Å². The largest absolute Gasteiger partial charge is 0.400 e. The van der Waals surface area contributed by atoms with Crippen LogP contribution >= 0.6 is 11.3 Å². The smallest absolute Gasteiger partial charge is 0.276 e. The molecule has 0 fully saturated rings. The molecule has 28 heavy (non-hydrogen) atoms. The van der Waals surface area contributed by atoms with E-state index in [0.29, 0.717) is 23.5 Å². The zero-order valence-corrected chi connectivity index (χ0v) is 15.9. The van der Waals surface area contributed by atoms with Crippen molar-refractivity contribution in [2.24, 2.45) is 0 Å². The maximum Gasteiger partial charge on any atom is 0.400 e. The Labute approximate surface area is 162 Å². The van der Waals surface area contributed by atoms with E-state index < -0.39 is 11.6 Å². The third-order valence-corrected chi connectivity index (χ3v) is 5.92. The van der Waals surface area contributed by atoms with E-state index in [9.17, 15) is 18.0 Å². The van der Waals surface area contributed by atoms with Crippen LogP contribution in [-0.2, 0) is 24.7 Å². The Balaban J connectivity index is 1.69. The summed E-state index contributed by atoms with van der Waals surface area (Å²) in [7, 11) is 0. The van der Waals surface area contributed by atoms with Gasteiger partial charge in [-0.3, -0.25) is 9.36 Å². The third-order valence-electron chi connectivity index (χ3n) is 4.81. The number of imidazole rings is 1. The summed E-state index contributed by atoms with van der Waals surface area (Å²) in [6.45, 7) is 2.14. The lowest BCUT2D eigenvalue weighted by molar-refractivity contribution is -0.182. The summed E-state index contributed by atoms with van der Waals surface area (Å²) < 4.78 is 41.6. The highest BCUT2D eigenvalue weighted by atomic mass is 32.1. The molecule has 0 spiro atoms. The van der Waals surface area contributed by atoms with Crippen molar-refractivity contribution in [3.05, 3.63) is 47.0 Å². The number of aromatic nitrogens is 5. The highest BCUT2D eigenvalue weighted by Crippen LogP contribution is 2.41. The molecule has 146 valence electrons. The predicted octanol–water partition coefficient (Wildman–Crippen LogP) is 3.62. The maximum absolute atomic E-state index is 13.4. The number of hydrogen-bond donors (Lipinski definition) is 0. The average molecular weight is 407 g/mol. The van der Waals surface area contributed by atoms with Crippen LogP contribution in [0.5, 0.6) is 0 Å². The normalized spacial score (nSPS) is 13.9. The molecule has 0 radical (unpaired) electrons. The molecule has 0 saturated carbocycles. The zero-order chi connectivity index (χ0) is 20.1. The van der Waals surface area contributed by atoms with Gasteiger partial charge in [0.05, 0.1) is 22.7 Å². The molecule has 0 bridgehead atoms. The van der Waals surface area contributed by atoms with Crippen LogP contribution in [0.4, 0.5) is 13.2 Å². The molecule has 1 aliphatic carbocycles. The third kappa shape index (κ3) is 3.11. The first-order chi connectivity index (χ1) is 13.2. The molecule has 3 aromatic heterocycles. The minimum Gasteiger partial charge on any atom is -0.276 e. The van der Waals surface area contributed by atoms with Gasteiger partial charge in [-0.1, -0.05) is 0 Å². The molecule has 0 amide bonds. The lowest BCUT2D eigenvalue weighted by Crippen LogP contribution is -2.38. The van der Waals surface area contributed by atoms with E-state index in [1.165, 1.54) is 34.6 Å². The van der Waals surface area contributed by atoms with Crippen LogP contribution in [0.2, 0.25) is 0 Å². The second-order valence-corrected chi connectivity index (χ2v) is 8.20. The lowest BCUT2D eigenvalue weighted by Gasteiger charge is -2.27. The molecular formula is C18H16F3N5OS. The van der Waals surface area contributed by atoms with E-state index in [1.54, 1.807) is 6.20 Å². The van der Waals surface area contributed by atoms with E-state index in [2.05, 4.69) is 19.9 Å². The number of alkyl halides is 3. The summed E-state index contributed by atoms with van der Waals surface area (Å²) in [4.78, 5) is 29.6. The second-order valence-electron chi connectivity index (χ2n) is 7.11. The van der Waals surface area contributed by atoms with Crippen molar-refractivity contribution in [2.45, 2.75) is 44.7 Å². The number of nitrogens with zero attached hydrogens (tertiary/aromatic N) is 5. The van der Waals surface area contributed by atoms with Gasteiger partial charge in [0, 0.05) is 18.6 Å². The van der Waals surface area contributed by atoms with Crippen molar-refractivity contribution in [3.63, 3.8) is 0 Å². The maximum atomic E-state index is 13.4. The van der Waals surface area contributed by atoms with Crippen molar-refractivity contribution >= 4 is 17.2 Å². The number of rotatable bonds is 3. The molecule has 1 aliphatic rings. The van der Waals surface area contributed by atoms with E-state index in [1.807, 2.05) is 0 Å². The van der Waals surface area contributed by atoms with Gasteiger partial charge in [-0.15, -0.1) is 11.3 Å². The Bertz CT molecular complexity index is 1040. The van der Waals surface area contributed by atoms with Crippen molar-refractivity contribution in [3.8, 4) is 10.6 Å². The molecule has 0 aromatic carbocycles. The number of carbonyl (C=O) groups excluding carboxylic acids is 1. The molecule has 10 heteroatoms. The van der Waals surface area contributed by atoms with Gasteiger partial charge in [-0.25, -0.2) is 19.9 Å². The van der Waals surface area contributed by atoms with Crippen molar-refractivity contribution in [2.75, 3.05) is 0 Å². The van der Waals surface area contributed by atoms with Gasteiger partial charge in [0.1, 0.15) is 22.6 Å². The summed E-state index contributed by atoms with van der Waals surface area (Å²) in [5.74, 6) is -0.443. The minimum atomic E-state index is -4.46. The standard InChI is InChI=1S/C18H16F3N5OS/c1-17(2,18(19,20)21)16-23-8-10-3-4-11-15(14(10)25-16)28-12(24-11)7-13(27)26-6-5-22-9-26/h5-6,8-9H,3-4,7H2,1-2H3. The fourth-order valence-electron chi connectivity index (χ4n) is 2.93. The number of hydrogen-bond acceptors (Lipinski definition) is 6. The number of carbonyl (C=O) groups is 1. The first-order valence-corrected chi connectivity index (χ1v) is 9.41. The summed E-state index contributed by atoms with van der Waals surface area (Å²) >= 11 is 1.29. The summed E-state index contributed by atoms with van der Waals surface area (Å²) in [6.07, 6.45) is 2.85. The van der Waals surface area contributed by atoms with Gasteiger partial charge >= 0.3 is 6.18 Å². The summed E-state index contributed by atoms with van der Waals surface area (Å²) in [6, 6.07) is 0. The summed E-state index contributed by atoms with van der Waals surface area (Å²) in [5, 5.41) is 0.604. The van der Waals surface area contributed by atoms with E-state index in [4.69, 9.17) is 0 Å². The molecule has 6 nitrogen and oxygen atoms in total. The van der Waals surface area contributed by atoms with E-state index in [-0.39, 0.29) is 18.2 Å². The topological polar surface area (TPSA) is 73.6 Å². The van der Waals surface area contributed by atoms with Crippen LogP contribution in [0, 0.1) is 0 Å². The van der Waals surface area contributed by atoms with Crippen LogP contribution in [0.3, 0.4) is 0 Å². The van der Waals surface area contributed by atoms with Gasteiger partial charge in [0.25, 0.3) is 0 Å². The molecule has 0 atom stereocenters. The molecular weight excluding hydrogens is 391 g/mol. The molecule has 0 saturated heterocycles. The molecule has 0 aliphatic heterocycles. The Morgan fingerprint density at radius 3 is 2.71 bits per heavy atom. The quantitative estimate of drug-likeness (QED) is 0.663. The molecule has 0 N–H and O–H groups in total. The highest BCUT2D eigenvalue weighted by Gasteiger charge is 2.51. The first-order valence-electron chi connectivity index (χ1n) is 8.60. The van der Waals surface area contributed by atoms with Crippen LogP contribution < -0.4 is 0 Å². The fourth-order valence-corrected chi connectivity index (χ4v) is 4.05. The van der Waals surface area contributed by atoms with E-state index >= 15 is 0 Å². The zero-order valence-electron chi connectivity index (χ0n) is 15.1. The predicted molar refractivity (Wildman–Crippen MR) is 96.2 cm³/mol. The number of aryl methyl sites for hydroxylation is 2. The monoisotopic (exact) mass is 407 g/mol. The SMILES string of the molecule is CC(C)(c1ncc2c(n1)-c1sc(CC(=O)n3ccnc3)nc1CC2)C(F)(F)F. The molecule has 4 rings (SSSR count).